The maximum absolute atomic E-state index is 12.1. The van der Waals surface area contributed by atoms with Gasteiger partial charge in [0.05, 0.1) is 24.6 Å². The zero-order valence-electron chi connectivity index (χ0n) is 11.7. The Labute approximate surface area is 118 Å². The monoisotopic (exact) mass is 278 g/mol. The van der Waals surface area contributed by atoms with Crippen LogP contribution in [0.5, 0.6) is 0 Å². The molecule has 6 heteroatoms. The van der Waals surface area contributed by atoms with Crippen LogP contribution >= 0.6 is 0 Å². The van der Waals surface area contributed by atoms with E-state index in [1.165, 1.54) is 12.8 Å². The summed E-state index contributed by atoms with van der Waals surface area (Å²) in [7, 11) is 0. The van der Waals surface area contributed by atoms with E-state index in [9.17, 15) is 4.79 Å². The fraction of sp³-hybridized carbons (Fsp3) is 0.714. The van der Waals surface area contributed by atoms with Crippen molar-refractivity contribution in [3.05, 3.63) is 22.6 Å². The first-order valence-electron chi connectivity index (χ1n) is 7.40. The second kappa shape index (κ2) is 5.93. The molecule has 1 aliphatic carbocycles. The van der Waals surface area contributed by atoms with Gasteiger partial charge in [0.1, 0.15) is 0 Å². The zero-order chi connectivity index (χ0) is 13.9. The molecule has 3 rings (SSSR count). The maximum Gasteiger partial charge on any atom is 0.268 e. The first-order chi connectivity index (χ1) is 9.76. The Bertz CT molecular complexity index is 510. The minimum absolute atomic E-state index is 0.00346. The van der Waals surface area contributed by atoms with Gasteiger partial charge in [-0.3, -0.25) is 4.79 Å². The smallest absolute Gasteiger partial charge is 0.268 e. The summed E-state index contributed by atoms with van der Waals surface area (Å²) >= 11 is 0. The third-order valence-electron chi connectivity index (χ3n) is 3.98. The van der Waals surface area contributed by atoms with Gasteiger partial charge in [-0.2, -0.15) is 5.10 Å². The van der Waals surface area contributed by atoms with Crippen LogP contribution in [-0.4, -0.2) is 42.1 Å². The Morgan fingerprint density at radius 3 is 3.00 bits per heavy atom. The fourth-order valence-corrected chi connectivity index (χ4v) is 2.59. The molecule has 2 fully saturated rings. The third-order valence-corrected chi connectivity index (χ3v) is 3.98. The fourth-order valence-electron chi connectivity index (χ4n) is 2.59. The number of morpholine rings is 1. The standard InChI is InChI=1S/C14H22N4O2/c15-4-3-13-10-17(5-6-20-13)12-7-14(19)18(16-8-12)9-11-1-2-11/h7-8,11,13H,1-6,9-10,15H2/t13-/m0/s1. The van der Waals surface area contributed by atoms with Crippen molar-refractivity contribution < 1.29 is 4.74 Å². The first kappa shape index (κ1) is 13.6. The second-order valence-corrected chi connectivity index (χ2v) is 5.69. The molecule has 1 aromatic heterocycles. The molecular formula is C14H22N4O2. The highest BCUT2D eigenvalue weighted by Crippen LogP contribution is 2.29. The highest BCUT2D eigenvalue weighted by atomic mass is 16.5. The second-order valence-electron chi connectivity index (χ2n) is 5.69. The van der Waals surface area contributed by atoms with Crippen molar-refractivity contribution in [3.8, 4) is 0 Å². The molecule has 1 saturated heterocycles. The molecule has 2 heterocycles. The number of hydrogen-bond acceptors (Lipinski definition) is 5. The van der Waals surface area contributed by atoms with Crippen molar-refractivity contribution in [1.29, 1.82) is 0 Å². The van der Waals surface area contributed by atoms with Crippen LogP contribution in [0, 0.1) is 5.92 Å². The summed E-state index contributed by atoms with van der Waals surface area (Å²) in [5.41, 5.74) is 6.47. The van der Waals surface area contributed by atoms with Gasteiger partial charge < -0.3 is 15.4 Å². The van der Waals surface area contributed by atoms with Crippen LogP contribution in [0.4, 0.5) is 5.69 Å². The predicted octanol–water partition coefficient (Wildman–Crippen LogP) is 0.207. The normalized spacial score (nSPS) is 23.1. The van der Waals surface area contributed by atoms with Gasteiger partial charge in [-0.15, -0.1) is 0 Å². The Hall–Kier alpha value is -1.40. The number of aromatic nitrogens is 2. The quantitative estimate of drug-likeness (QED) is 0.833. The molecule has 6 nitrogen and oxygen atoms in total. The summed E-state index contributed by atoms with van der Waals surface area (Å²) in [6, 6.07) is 1.69. The number of nitrogens with zero attached hydrogens (tertiary/aromatic N) is 3. The largest absolute Gasteiger partial charge is 0.374 e. The molecule has 1 aliphatic heterocycles. The minimum atomic E-state index is -0.00346. The number of ether oxygens (including phenoxy) is 1. The molecule has 1 saturated carbocycles. The lowest BCUT2D eigenvalue weighted by atomic mass is 10.2. The zero-order valence-corrected chi connectivity index (χ0v) is 11.7. The van der Waals surface area contributed by atoms with E-state index >= 15 is 0 Å². The highest BCUT2D eigenvalue weighted by molar-refractivity contribution is 5.43. The lowest BCUT2D eigenvalue weighted by Gasteiger charge is -2.34. The van der Waals surface area contributed by atoms with E-state index < -0.39 is 0 Å². The molecule has 0 amide bonds. The topological polar surface area (TPSA) is 73.4 Å². The van der Waals surface area contributed by atoms with Crippen LogP contribution in [0.1, 0.15) is 19.3 Å². The summed E-state index contributed by atoms with van der Waals surface area (Å²) < 4.78 is 7.24. The summed E-state index contributed by atoms with van der Waals surface area (Å²) in [6.07, 6.45) is 5.25. The van der Waals surface area contributed by atoms with Crippen molar-refractivity contribution >= 4 is 5.69 Å². The van der Waals surface area contributed by atoms with Gasteiger partial charge in [0, 0.05) is 25.7 Å². The van der Waals surface area contributed by atoms with Gasteiger partial charge in [0.15, 0.2) is 0 Å². The number of anilines is 1. The van der Waals surface area contributed by atoms with Gasteiger partial charge in [0.25, 0.3) is 5.56 Å². The molecule has 0 aromatic carbocycles. The van der Waals surface area contributed by atoms with Crippen LogP contribution in [0.15, 0.2) is 17.1 Å². The SMILES string of the molecule is NCC[C@H]1CN(c2cnn(CC3CC3)c(=O)c2)CCO1. The van der Waals surface area contributed by atoms with Crippen LogP contribution in [0.2, 0.25) is 0 Å². The summed E-state index contributed by atoms with van der Waals surface area (Å²) in [5.74, 6) is 0.656. The third kappa shape index (κ3) is 3.19. The Morgan fingerprint density at radius 2 is 2.30 bits per heavy atom. The molecule has 0 radical (unpaired) electrons. The summed E-state index contributed by atoms with van der Waals surface area (Å²) in [6.45, 7) is 3.65. The molecular weight excluding hydrogens is 256 g/mol. The van der Waals surface area contributed by atoms with Gasteiger partial charge in [-0.25, -0.2) is 4.68 Å². The van der Waals surface area contributed by atoms with Crippen molar-refractivity contribution in [2.45, 2.75) is 31.9 Å². The van der Waals surface area contributed by atoms with E-state index in [0.717, 1.165) is 31.7 Å². The van der Waals surface area contributed by atoms with Crippen LogP contribution in [0.3, 0.4) is 0 Å². The van der Waals surface area contributed by atoms with Crippen molar-refractivity contribution in [1.82, 2.24) is 9.78 Å². The molecule has 0 spiro atoms. The Kier molecular flexibility index (Phi) is 4.03. The van der Waals surface area contributed by atoms with Crippen LogP contribution in [0.25, 0.3) is 0 Å². The van der Waals surface area contributed by atoms with E-state index in [4.69, 9.17) is 10.5 Å². The summed E-state index contributed by atoms with van der Waals surface area (Å²) in [5, 5.41) is 4.30. The Morgan fingerprint density at radius 1 is 1.45 bits per heavy atom. The van der Waals surface area contributed by atoms with Crippen LogP contribution < -0.4 is 16.2 Å². The van der Waals surface area contributed by atoms with E-state index in [1.807, 2.05) is 0 Å². The van der Waals surface area contributed by atoms with E-state index in [2.05, 4.69) is 10.00 Å². The van der Waals surface area contributed by atoms with Crippen LogP contribution in [-0.2, 0) is 11.3 Å². The predicted molar refractivity (Wildman–Crippen MR) is 76.8 cm³/mol. The average molecular weight is 278 g/mol. The van der Waals surface area contributed by atoms with Gasteiger partial charge in [-0.05, 0) is 31.7 Å². The molecule has 110 valence electrons. The van der Waals surface area contributed by atoms with Crippen molar-refractivity contribution in [3.63, 3.8) is 0 Å². The molecule has 0 unspecified atom stereocenters. The maximum atomic E-state index is 12.1. The van der Waals surface area contributed by atoms with E-state index in [-0.39, 0.29) is 11.7 Å². The minimum Gasteiger partial charge on any atom is -0.374 e. The Balaban J connectivity index is 1.69. The number of rotatable bonds is 5. The van der Waals surface area contributed by atoms with Gasteiger partial charge in [0.2, 0.25) is 0 Å². The van der Waals surface area contributed by atoms with E-state index in [0.29, 0.717) is 19.1 Å². The molecule has 1 atom stereocenters. The van der Waals surface area contributed by atoms with Gasteiger partial charge >= 0.3 is 0 Å². The first-order valence-corrected chi connectivity index (χ1v) is 7.40. The molecule has 2 N–H and O–H groups in total. The molecule has 1 aromatic rings. The highest BCUT2D eigenvalue weighted by Gasteiger charge is 2.24. The molecule has 2 aliphatic rings. The lowest BCUT2D eigenvalue weighted by Crippen LogP contribution is -2.43. The van der Waals surface area contributed by atoms with E-state index in [1.54, 1.807) is 16.9 Å². The van der Waals surface area contributed by atoms with Crippen molar-refractivity contribution in [2.24, 2.45) is 11.7 Å². The lowest BCUT2D eigenvalue weighted by molar-refractivity contribution is 0.0368. The molecule has 0 bridgehead atoms. The average Bonchev–Trinajstić information content (AvgIpc) is 3.26. The summed E-state index contributed by atoms with van der Waals surface area (Å²) in [4.78, 5) is 14.2. The molecule has 20 heavy (non-hydrogen) atoms. The number of hydrogen-bond donors (Lipinski definition) is 1. The van der Waals surface area contributed by atoms with Crippen molar-refractivity contribution in [2.75, 3.05) is 31.1 Å². The van der Waals surface area contributed by atoms with Gasteiger partial charge in [-0.1, -0.05) is 0 Å². The number of nitrogens with two attached hydrogens (primary N) is 1.